The van der Waals surface area contributed by atoms with Crippen molar-refractivity contribution in [2.75, 3.05) is 46.0 Å². The highest BCUT2D eigenvalue weighted by molar-refractivity contribution is 5.80. The van der Waals surface area contributed by atoms with Crippen LogP contribution >= 0.6 is 0 Å². The molecule has 0 atom stereocenters. The summed E-state index contributed by atoms with van der Waals surface area (Å²) < 4.78 is 10.7. The average Bonchev–Trinajstić information content (AvgIpc) is 2.57. The highest BCUT2D eigenvalue weighted by Gasteiger charge is 2.27. The van der Waals surface area contributed by atoms with Gasteiger partial charge >= 0.3 is 5.97 Å². The van der Waals surface area contributed by atoms with Crippen LogP contribution in [0.3, 0.4) is 0 Å². The van der Waals surface area contributed by atoms with Crippen LogP contribution in [0.1, 0.15) is 47.0 Å². The lowest BCUT2D eigenvalue weighted by molar-refractivity contribution is -0.149. The summed E-state index contributed by atoms with van der Waals surface area (Å²) in [7, 11) is 0. The van der Waals surface area contributed by atoms with Crippen molar-refractivity contribution in [3.63, 3.8) is 0 Å². The molecule has 1 saturated heterocycles. The van der Waals surface area contributed by atoms with Crippen LogP contribution in [0.2, 0.25) is 0 Å². The summed E-state index contributed by atoms with van der Waals surface area (Å²) in [6, 6.07) is 0. The third-order valence-corrected chi connectivity index (χ3v) is 4.09. The van der Waals surface area contributed by atoms with E-state index in [1.165, 1.54) is 0 Å². The molecular formula is C18H35N3O3. The third kappa shape index (κ3) is 7.99. The summed E-state index contributed by atoms with van der Waals surface area (Å²) in [5, 5.41) is 3.33. The number of likely N-dealkylation sites (tertiary alicyclic amines) is 1. The molecule has 0 spiro atoms. The maximum absolute atomic E-state index is 11.8. The Morgan fingerprint density at radius 2 is 1.96 bits per heavy atom. The van der Waals surface area contributed by atoms with Crippen molar-refractivity contribution in [3.05, 3.63) is 0 Å². The first-order chi connectivity index (χ1) is 11.6. The second-order valence-corrected chi connectivity index (χ2v) is 6.54. The van der Waals surface area contributed by atoms with E-state index in [2.05, 4.69) is 36.0 Å². The monoisotopic (exact) mass is 341 g/mol. The molecule has 1 fully saturated rings. The quantitative estimate of drug-likeness (QED) is 0.302. The Kier molecular flexibility index (Phi) is 10.5. The zero-order valence-electron chi connectivity index (χ0n) is 15.8. The van der Waals surface area contributed by atoms with Crippen molar-refractivity contribution in [1.29, 1.82) is 0 Å². The smallest absolute Gasteiger partial charge is 0.309 e. The molecule has 1 aliphatic heterocycles. The van der Waals surface area contributed by atoms with E-state index in [0.717, 1.165) is 51.5 Å². The molecule has 0 aliphatic carbocycles. The van der Waals surface area contributed by atoms with Crippen molar-refractivity contribution in [2.45, 2.75) is 47.0 Å². The molecule has 0 aromatic heterocycles. The molecule has 1 aliphatic rings. The van der Waals surface area contributed by atoms with Crippen molar-refractivity contribution < 1.29 is 14.3 Å². The van der Waals surface area contributed by atoms with Gasteiger partial charge in [-0.15, -0.1) is 0 Å². The van der Waals surface area contributed by atoms with E-state index in [-0.39, 0.29) is 11.9 Å². The van der Waals surface area contributed by atoms with Crippen LogP contribution < -0.4 is 5.32 Å². The summed E-state index contributed by atoms with van der Waals surface area (Å²) in [6.07, 6.45) is 2.74. The Hall–Kier alpha value is -1.30. The molecule has 24 heavy (non-hydrogen) atoms. The Bertz CT molecular complexity index is 378. The summed E-state index contributed by atoms with van der Waals surface area (Å²) >= 11 is 0. The zero-order chi connectivity index (χ0) is 17.8. The molecule has 140 valence electrons. The maximum atomic E-state index is 11.8. The van der Waals surface area contributed by atoms with Gasteiger partial charge in [0.15, 0.2) is 5.96 Å². The number of nitrogens with one attached hydrogen (secondary N) is 1. The standard InChI is InChI=1S/C18H35N3O3/c1-5-19-18(20-10-14-23-13-9-15(3)4)21-11-7-16(8-12-21)17(22)24-6-2/h15-16H,5-14H2,1-4H3,(H,19,20). The number of aliphatic imine (C=N–C) groups is 1. The van der Waals surface area contributed by atoms with Gasteiger partial charge in [-0.25, -0.2) is 0 Å². The number of hydrogen-bond donors (Lipinski definition) is 1. The minimum Gasteiger partial charge on any atom is -0.466 e. The minimum absolute atomic E-state index is 0.0310. The van der Waals surface area contributed by atoms with Crippen LogP contribution in [0.25, 0.3) is 0 Å². The summed E-state index contributed by atoms with van der Waals surface area (Å²) in [6.45, 7) is 13.4. The lowest BCUT2D eigenvalue weighted by atomic mass is 9.97. The van der Waals surface area contributed by atoms with E-state index >= 15 is 0 Å². The number of rotatable bonds is 9. The fourth-order valence-electron chi connectivity index (χ4n) is 2.65. The van der Waals surface area contributed by atoms with Gasteiger partial charge < -0.3 is 19.7 Å². The average molecular weight is 341 g/mol. The number of carbonyl (C=O) groups excluding carboxylic acids is 1. The summed E-state index contributed by atoms with van der Waals surface area (Å²) in [5.41, 5.74) is 0. The molecule has 1 N–H and O–H groups in total. The van der Waals surface area contributed by atoms with Crippen molar-refractivity contribution in [3.8, 4) is 0 Å². The van der Waals surface area contributed by atoms with E-state index in [1.807, 2.05) is 6.92 Å². The number of hydrogen-bond acceptors (Lipinski definition) is 4. The first-order valence-corrected chi connectivity index (χ1v) is 9.36. The van der Waals surface area contributed by atoms with Gasteiger partial charge in [-0.3, -0.25) is 9.79 Å². The topological polar surface area (TPSA) is 63.2 Å². The fraction of sp³-hybridized carbons (Fsp3) is 0.889. The van der Waals surface area contributed by atoms with E-state index in [9.17, 15) is 4.79 Å². The molecule has 0 bridgehead atoms. The Labute approximate surface area is 147 Å². The predicted molar refractivity (Wildman–Crippen MR) is 97.2 cm³/mol. The van der Waals surface area contributed by atoms with Crippen molar-refractivity contribution in [2.24, 2.45) is 16.8 Å². The van der Waals surface area contributed by atoms with Gasteiger partial charge in [0.05, 0.1) is 25.7 Å². The van der Waals surface area contributed by atoms with Gasteiger partial charge in [0, 0.05) is 26.2 Å². The first-order valence-electron chi connectivity index (χ1n) is 9.36. The number of nitrogens with zero attached hydrogens (tertiary/aromatic N) is 2. The highest BCUT2D eigenvalue weighted by Crippen LogP contribution is 2.18. The van der Waals surface area contributed by atoms with Crippen LogP contribution in [0.4, 0.5) is 0 Å². The van der Waals surface area contributed by atoms with Crippen LogP contribution in [0.15, 0.2) is 4.99 Å². The van der Waals surface area contributed by atoms with Crippen LogP contribution in [-0.4, -0.2) is 62.8 Å². The molecule has 0 aromatic rings. The number of piperidine rings is 1. The second kappa shape index (κ2) is 12.1. The number of carbonyl (C=O) groups is 1. The third-order valence-electron chi connectivity index (χ3n) is 4.09. The van der Waals surface area contributed by atoms with Crippen LogP contribution in [0, 0.1) is 11.8 Å². The predicted octanol–water partition coefficient (Wildman–Crippen LogP) is 2.29. The van der Waals surface area contributed by atoms with Crippen LogP contribution in [-0.2, 0) is 14.3 Å². The molecular weight excluding hydrogens is 306 g/mol. The number of guanidine groups is 1. The number of esters is 1. The molecule has 6 heteroatoms. The lowest BCUT2D eigenvalue weighted by Crippen LogP contribution is -2.46. The molecule has 0 aromatic carbocycles. The van der Waals surface area contributed by atoms with Gasteiger partial charge in [-0.05, 0) is 39.0 Å². The normalized spacial score (nSPS) is 16.5. The maximum Gasteiger partial charge on any atom is 0.309 e. The number of ether oxygens (including phenoxy) is 2. The molecule has 0 radical (unpaired) electrons. The highest BCUT2D eigenvalue weighted by atomic mass is 16.5. The second-order valence-electron chi connectivity index (χ2n) is 6.54. The Balaban J connectivity index is 2.37. The van der Waals surface area contributed by atoms with E-state index in [0.29, 0.717) is 25.7 Å². The van der Waals surface area contributed by atoms with E-state index in [1.54, 1.807) is 0 Å². The van der Waals surface area contributed by atoms with Gasteiger partial charge in [0.1, 0.15) is 0 Å². The van der Waals surface area contributed by atoms with Gasteiger partial charge in [-0.2, -0.15) is 0 Å². The SMILES string of the molecule is CCNC(=NCCOCCC(C)C)N1CCC(C(=O)OCC)CC1. The van der Waals surface area contributed by atoms with Gasteiger partial charge in [-0.1, -0.05) is 13.8 Å². The van der Waals surface area contributed by atoms with Crippen molar-refractivity contribution >= 4 is 11.9 Å². The van der Waals surface area contributed by atoms with Crippen LogP contribution in [0.5, 0.6) is 0 Å². The first kappa shape index (κ1) is 20.7. The summed E-state index contributed by atoms with van der Waals surface area (Å²) in [5.74, 6) is 1.57. The molecule has 0 unspecified atom stereocenters. The molecule has 6 nitrogen and oxygen atoms in total. The molecule has 0 saturated carbocycles. The largest absolute Gasteiger partial charge is 0.466 e. The molecule has 1 rings (SSSR count). The summed E-state index contributed by atoms with van der Waals surface area (Å²) in [4.78, 5) is 18.7. The zero-order valence-corrected chi connectivity index (χ0v) is 15.8. The van der Waals surface area contributed by atoms with Gasteiger partial charge in [0.2, 0.25) is 0 Å². The van der Waals surface area contributed by atoms with Crippen molar-refractivity contribution in [1.82, 2.24) is 10.2 Å². The Morgan fingerprint density at radius 1 is 1.25 bits per heavy atom. The fourth-order valence-corrected chi connectivity index (χ4v) is 2.65. The minimum atomic E-state index is -0.0577. The van der Waals surface area contributed by atoms with E-state index in [4.69, 9.17) is 9.47 Å². The Morgan fingerprint density at radius 3 is 2.54 bits per heavy atom. The lowest BCUT2D eigenvalue weighted by Gasteiger charge is -2.33. The van der Waals surface area contributed by atoms with E-state index < -0.39 is 0 Å². The molecule has 0 amide bonds. The molecule has 1 heterocycles. The van der Waals surface area contributed by atoms with Gasteiger partial charge in [0.25, 0.3) is 0 Å².